The van der Waals surface area contributed by atoms with E-state index < -0.39 is 0 Å². The maximum absolute atomic E-state index is 12.3. The van der Waals surface area contributed by atoms with Gasteiger partial charge in [0.1, 0.15) is 17.3 Å². The van der Waals surface area contributed by atoms with Gasteiger partial charge in [-0.2, -0.15) is 0 Å². The molecule has 0 aliphatic carbocycles. The van der Waals surface area contributed by atoms with Crippen LogP contribution in [0.5, 0.6) is 0 Å². The minimum absolute atomic E-state index is 0.00897. The molecule has 1 amide bonds. The van der Waals surface area contributed by atoms with Crippen LogP contribution in [0.4, 0.5) is 11.5 Å². The van der Waals surface area contributed by atoms with E-state index in [1.165, 1.54) is 6.92 Å². The lowest BCUT2D eigenvalue weighted by Crippen LogP contribution is -2.28. The predicted octanol–water partition coefficient (Wildman–Crippen LogP) is 2.41. The Morgan fingerprint density at radius 3 is 2.62 bits per heavy atom. The number of nitrogens with zero attached hydrogens (tertiary/aromatic N) is 3. The van der Waals surface area contributed by atoms with Crippen LogP contribution in [0.2, 0.25) is 0 Å². The molecule has 2 N–H and O–H groups in total. The van der Waals surface area contributed by atoms with Crippen molar-refractivity contribution >= 4 is 23.2 Å². The molecule has 2 rings (SSSR count). The van der Waals surface area contributed by atoms with Crippen LogP contribution in [-0.4, -0.2) is 53.7 Å². The Morgan fingerprint density at radius 1 is 1.15 bits per heavy atom. The highest BCUT2D eigenvalue weighted by atomic mass is 16.1. The zero-order valence-corrected chi connectivity index (χ0v) is 15.7. The van der Waals surface area contributed by atoms with Gasteiger partial charge in [0.15, 0.2) is 5.78 Å². The molecule has 0 unspecified atom stereocenters. The minimum atomic E-state index is -0.227. The van der Waals surface area contributed by atoms with E-state index >= 15 is 0 Å². The van der Waals surface area contributed by atoms with Crippen molar-refractivity contribution in [3.05, 3.63) is 47.4 Å². The third kappa shape index (κ3) is 5.93. The Labute approximate surface area is 153 Å². The third-order valence-corrected chi connectivity index (χ3v) is 3.68. The molecule has 0 spiro atoms. The maximum Gasteiger partial charge on any atom is 0.270 e. The Morgan fingerprint density at radius 2 is 1.92 bits per heavy atom. The second kappa shape index (κ2) is 9.05. The summed E-state index contributed by atoms with van der Waals surface area (Å²) in [5.41, 5.74) is 1.65. The average Bonchev–Trinajstić information content (AvgIpc) is 2.58. The number of benzene rings is 1. The van der Waals surface area contributed by atoms with Gasteiger partial charge in [0.2, 0.25) is 0 Å². The van der Waals surface area contributed by atoms with Gasteiger partial charge >= 0.3 is 0 Å². The Bertz CT molecular complexity index is 789. The van der Waals surface area contributed by atoms with Crippen LogP contribution in [-0.2, 0) is 0 Å². The lowest BCUT2D eigenvalue weighted by atomic mass is 10.1. The summed E-state index contributed by atoms with van der Waals surface area (Å²) in [5, 5.41) is 6.00. The lowest BCUT2D eigenvalue weighted by Gasteiger charge is -2.11. The summed E-state index contributed by atoms with van der Waals surface area (Å²) in [6.45, 7) is 4.75. The molecule has 0 saturated carbocycles. The van der Waals surface area contributed by atoms with Crippen LogP contribution in [0.15, 0.2) is 30.3 Å². The number of nitrogens with one attached hydrogen (secondary N) is 2. The van der Waals surface area contributed by atoms with Crippen molar-refractivity contribution in [2.75, 3.05) is 32.5 Å². The molecule has 1 aromatic heterocycles. The molecule has 138 valence electrons. The van der Waals surface area contributed by atoms with E-state index in [0.717, 1.165) is 18.7 Å². The molecule has 0 aliphatic heterocycles. The van der Waals surface area contributed by atoms with Crippen LogP contribution in [0.3, 0.4) is 0 Å². The first-order valence-electron chi connectivity index (χ1n) is 8.52. The average molecular weight is 355 g/mol. The molecule has 2 aromatic rings. The Kier molecular flexibility index (Phi) is 6.80. The summed E-state index contributed by atoms with van der Waals surface area (Å²) < 4.78 is 0. The van der Waals surface area contributed by atoms with Gasteiger partial charge < -0.3 is 15.5 Å². The number of carbonyl (C=O) groups is 2. The smallest absolute Gasteiger partial charge is 0.270 e. The fourth-order valence-electron chi connectivity index (χ4n) is 2.40. The van der Waals surface area contributed by atoms with Crippen molar-refractivity contribution < 1.29 is 9.59 Å². The van der Waals surface area contributed by atoms with Gasteiger partial charge in [-0.3, -0.25) is 9.59 Å². The summed E-state index contributed by atoms with van der Waals surface area (Å²) >= 11 is 0. The monoisotopic (exact) mass is 355 g/mol. The van der Waals surface area contributed by atoms with Gasteiger partial charge in [-0.05, 0) is 53.0 Å². The van der Waals surface area contributed by atoms with Gasteiger partial charge in [0.25, 0.3) is 5.91 Å². The number of Topliss-reactive ketones (excluding diaryl/α,β-unsaturated/α-hetero) is 1. The van der Waals surface area contributed by atoms with Crippen molar-refractivity contribution in [2.45, 2.75) is 20.3 Å². The first kappa shape index (κ1) is 19.5. The Balaban J connectivity index is 2.08. The van der Waals surface area contributed by atoms with Crippen molar-refractivity contribution in [3.8, 4) is 0 Å². The predicted molar refractivity (Wildman–Crippen MR) is 102 cm³/mol. The van der Waals surface area contributed by atoms with Crippen LogP contribution in [0.1, 0.15) is 40.0 Å². The lowest BCUT2D eigenvalue weighted by molar-refractivity contribution is 0.0946. The van der Waals surface area contributed by atoms with Crippen molar-refractivity contribution in [3.63, 3.8) is 0 Å². The fourth-order valence-corrected chi connectivity index (χ4v) is 2.40. The fraction of sp³-hybridized carbons (Fsp3) is 0.368. The standard InChI is InChI=1S/C19H25N5O2/c1-13(25)15-7-5-8-16(11-15)23-18-12-17(21-14(2)22-18)19(26)20-9-6-10-24(3)4/h5,7-8,11-12H,6,9-10H2,1-4H3,(H,20,26)(H,21,22,23). The number of aryl methyl sites for hydroxylation is 1. The maximum atomic E-state index is 12.3. The van der Waals surface area contributed by atoms with Crippen molar-refractivity contribution in [2.24, 2.45) is 0 Å². The normalized spacial score (nSPS) is 10.7. The van der Waals surface area contributed by atoms with Crippen LogP contribution in [0, 0.1) is 6.92 Å². The van der Waals surface area contributed by atoms with Crippen LogP contribution >= 0.6 is 0 Å². The van der Waals surface area contributed by atoms with Gasteiger partial charge in [0.05, 0.1) is 0 Å². The molecular weight excluding hydrogens is 330 g/mol. The first-order valence-corrected chi connectivity index (χ1v) is 8.52. The molecule has 0 aliphatic rings. The molecule has 7 nitrogen and oxygen atoms in total. The summed E-state index contributed by atoms with van der Waals surface area (Å²) in [5.74, 6) is 0.771. The Hall–Kier alpha value is -2.80. The van der Waals surface area contributed by atoms with Gasteiger partial charge in [0, 0.05) is 23.9 Å². The van der Waals surface area contributed by atoms with Crippen molar-refractivity contribution in [1.82, 2.24) is 20.2 Å². The van der Waals surface area contributed by atoms with E-state index in [-0.39, 0.29) is 11.7 Å². The number of hydrogen-bond donors (Lipinski definition) is 2. The highest BCUT2D eigenvalue weighted by Gasteiger charge is 2.11. The zero-order valence-electron chi connectivity index (χ0n) is 15.7. The van der Waals surface area contributed by atoms with E-state index in [1.807, 2.05) is 20.2 Å². The number of aromatic nitrogens is 2. The molecule has 0 radical (unpaired) electrons. The molecule has 26 heavy (non-hydrogen) atoms. The molecular formula is C19H25N5O2. The quantitative estimate of drug-likeness (QED) is 0.558. The third-order valence-electron chi connectivity index (χ3n) is 3.68. The number of amides is 1. The number of carbonyl (C=O) groups excluding carboxylic acids is 2. The zero-order chi connectivity index (χ0) is 19.1. The summed E-state index contributed by atoms with van der Waals surface area (Å²) in [7, 11) is 3.99. The summed E-state index contributed by atoms with van der Waals surface area (Å²) in [6.07, 6.45) is 0.867. The summed E-state index contributed by atoms with van der Waals surface area (Å²) in [6, 6.07) is 8.75. The van der Waals surface area contributed by atoms with Gasteiger partial charge in [-0.25, -0.2) is 9.97 Å². The van der Waals surface area contributed by atoms with Crippen molar-refractivity contribution in [1.29, 1.82) is 0 Å². The second-order valence-corrected chi connectivity index (χ2v) is 6.36. The number of hydrogen-bond acceptors (Lipinski definition) is 6. The molecule has 0 saturated heterocycles. The molecule has 1 aromatic carbocycles. The second-order valence-electron chi connectivity index (χ2n) is 6.36. The molecule has 0 bridgehead atoms. The molecule has 7 heteroatoms. The topological polar surface area (TPSA) is 87.2 Å². The number of ketones is 1. The van der Waals surface area contributed by atoms with Gasteiger partial charge in [-0.15, -0.1) is 0 Å². The number of rotatable bonds is 8. The largest absolute Gasteiger partial charge is 0.351 e. The number of anilines is 2. The highest BCUT2D eigenvalue weighted by Crippen LogP contribution is 2.17. The van der Waals surface area contributed by atoms with E-state index in [1.54, 1.807) is 31.2 Å². The van der Waals surface area contributed by atoms with E-state index in [4.69, 9.17) is 0 Å². The van der Waals surface area contributed by atoms with E-state index in [0.29, 0.717) is 29.4 Å². The van der Waals surface area contributed by atoms with E-state index in [9.17, 15) is 9.59 Å². The highest BCUT2D eigenvalue weighted by molar-refractivity contribution is 5.95. The summed E-state index contributed by atoms with van der Waals surface area (Å²) in [4.78, 5) is 34.4. The molecule has 0 fully saturated rings. The van der Waals surface area contributed by atoms with Gasteiger partial charge in [-0.1, -0.05) is 12.1 Å². The molecule has 1 heterocycles. The first-order chi connectivity index (χ1) is 12.3. The molecule has 0 atom stereocenters. The minimum Gasteiger partial charge on any atom is -0.351 e. The van der Waals surface area contributed by atoms with E-state index in [2.05, 4.69) is 25.5 Å². The van der Waals surface area contributed by atoms with Crippen LogP contribution in [0.25, 0.3) is 0 Å². The SMILES string of the molecule is CC(=O)c1cccc(Nc2cc(C(=O)NCCCN(C)C)nc(C)n2)c1. The van der Waals surface area contributed by atoms with Crippen LogP contribution < -0.4 is 10.6 Å².